The first kappa shape index (κ1) is 18.5. The molecule has 0 saturated heterocycles. The maximum Gasteiger partial charge on any atom is 0.255 e. The number of hydrogen-bond donors (Lipinski definition) is 2. The zero-order valence-corrected chi connectivity index (χ0v) is 15.1. The van der Waals surface area contributed by atoms with Gasteiger partial charge in [0, 0.05) is 23.9 Å². The van der Waals surface area contributed by atoms with E-state index in [1.807, 2.05) is 13.0 Å². The number of hydrogen-bond acceptors (Lipinski definition) is 3. The molecule has 2 rings (SSSR count). The van der Waals surface area contributed by atoms with Gasteiger partial charge in [-0.25, -0.2) is 0 Å². The number of anilines is 2. The summed E-state index contributed by atoms with van der Waals surface area (Å²) in [6, 6.07) is 12.5. The van der Waals surface area contributed by atoms with Crippen molar-refractivity contribution in [3.05, 3.63) is 53.6 Å². The SMILES string of the molecule is CC(=O)Nc1cccc(NC(=O)c2cccc(OCC(C)C)c2)c1C. The van der Waals surface area contributed by atoms with Gasteiger partial charge in [-0.05, 0) is 48.7 Å². The number of carbonyl (C=O) groups excluding carboxylic acids is 2. The molecule has 2 amide bonds. The zero-order valence-electron chi connectivity index (χ0n) is 15.1. The Morgan fingerprint density at radius 1 is 1.04 bits per heavy atom. The Hall–Kier alpha value is -2.82. The van der Waals surface area contributed by atoms with Crippen LogP contribution in [0.15, 0.2) is 42.5 Å². The molecular weight excluding hydrogens is 316 g/mol. The van der Waals surface area contributed by atoms with Crippen molar-refractivity contribution >= 4 is 23.2 Å². The van der Waals surface area contributed by atoms with E-state index in [1.54, 1.807) is 36.4 Å². The molecule has 25 heavy (non-hydrogen) atoms. The Labute approximate surface area is 148 Å². The van der Waals surface area contributed by atoms with Crippen LogP contribution >= 0.6 is 0 Å². The molecule has 0 aliphatic carbocycles. The lowest BCUT2D eigenvalue weighted by Gasteiger charge is -2.13. The van der Waals surface area contributed by atoms with Gasteiger partial charge in [-0.2, -0.15) is 0 Å². The van der Waals surface area contributed by atoms with Crippen LogP contribution in [0.2, 0.25) is 0 Å². The first-order chi connectivity index (χ1) is 11.9. The van der Waals surface area contributed by atoms with Crippen LogP contribution in [0, 0.1) is 12.8 Å². The summed E-state index contributed by atoms with van der Waals surface area (Å²) in [5.74, 6) is 0.710. The van der Waals surface area contributed by atoms with Gasteiger partial charge in [0.05, 0.1) is 6.61 Å². The second kappa shape index (κ2) is 8.33. The Balaban J connectivity index is 2.14. The van der Waals surface area contributed by atoms with E-state index >= 15 is 0 Å². The molecule has 0 aliphatic heterocycles. The standard InChI is InChI=1S/C20H24N2O3/c1-13(2)12-25-17-8-5-7-16(11-17)20(24)22-19-10-6-9-18(14(19)3)21-15(4)23/h5-11,13H,12H2,1-4H3,(H,21,23)(H,22,24). The van der Waals surface area contributed by atoms with Crippen molar-refractivity contribution in [2.45, 2.75) is 27.7 Å². The fourth-order valence-corrected chi connectivity index (χ4v) is 2.28. The second-order valence-electron chi connectivity index (χ2n) is 6.35. The molecule has 0 unspecified atom stereocenters. The van der Waals surface area contributed by atoms with E-state index in [0.29, 0.717) is 35.2 Å². The first-order valence-corrected chi connectivity index (χ1v) is 8.28. The van der Waals surface area contributed by atoms with Crippen LogP contribution in [0.25, 0.3) is 0 Å². The minimum Gasteiger partial charge on any atom is -0.493 e. The summed E-state index contributed by atoms with van der Waals surface area (Å²) in [5.41, 5.74) is 2.66. The molecule has 0 saturated carbocycles. The normalized spacial score (nSPS) is 10.4. The maximum absolute atomic E-state index is 12.5. The Bertz CT molecular complexity index is 769. The van der Waals surface area contributed by atoms with Crippen LogP contribution in [-0.2, 0) is 4.79 Å². The summed E-state index contributed by atoms with van der Waals surface area (Å²) in [7, 11) is 0. The lowest BCUT2D eigenvalue weighted by atomic mass is 10.1. The first-order valence-electron chi connectivity index (χ1n) is 8.28. The molecule has 0 radical (unpaired) electrons. The lowest BCUT2D eigenvalue weighted by Crippen LogP contribution is -2.14. The van der Waals surface area contributed by atoms with Gasteiger partial charge in [0.2, 0.25) is 5.91 Å². The molecule has 0 aromatic heterocycles. The molecule has 0 atom stereocenters. The van der Waals surface area contributed by atoms with Crippen LogP contribution in [-0.4, -0.2) is 18.4 Å². The summed E-state index contributed by atoms with van der Waals surface area (Å²) in [4.78, 5) is 23.8. The molecule has 5 heteroatoms. The average molecular weight is 340 g/mol. The molecule has 0 spiro atoms. The quantitative estimate of drug-likeness (QED) is 0.826. The van der Waals surface area contributed by atoms with Crippen molar-refractivity contribution < 1.29 is 14.3 Å². The van der Waals surface area contributed by atoms with E-state index in [9.17, 15) is 9.59 Å². The minimum absolute atomic E-state index is 0.151. The molecule has 2 aromatic carbocycles. The third-order valence-corrected chi connectivity index (χ3v) is 3.57. The summed E-state index contributed by atoms with van der Waals surface area (Å²) in [6.07, 6.45) is 0. The molecule has 0 fully saturated rings. The molecule has 5 nitrogen and oxygen atoms in total. The van der Waals surface area contributed by atoms with Gasteiger partial charge >= 0.3 is 0 Å². The Morgan fingerprint density at radius 3 is 2.32 bits per heavy atom. The van der Waals surface area contributed by atoms with Crippen molar-refractivity contribution in [1.29, 1.82) is 0 Å². The number of ether oxygens (including phenoxy) is 1. The minimum atomic E-state index is -0.224. The fourth-order valence-electron chi connectivity index (χ4n) is 2.28. The molecule has 132 valence electrons. The van der Waals surface area contributed by atoms with Gasteiger partial charge in [-0.15, -0.1) is 0 Å². The highest BCUT2D eigenvalue weighted by molar-refractivity contribution is 6.05. The van der Waals surface area contributed by atoms with Crippen LogP contribution < -0.4 is 15.4 Å². The van der Waals surface area contributed by atoms with Crippen molar-refractivity contribution in [2.75, 3.05) is 17.2 Å². The summed E-state index contributed by atoms with van der Waals surface area (Å²) in [6.45, 7) is 8.04. The Kier molecular flexibility index (Phi) is 6.17. The summed E-state index contributed by atoms with van der Waals surface area (Å²) in [5, 5.41) is 5.64. The second-order valence-corrected chi connectivity index (χ2v) is 6.35. The van der Waals surface area contributed by atoms with Crippen LogP contribution in [0.1, 0.15) is 36.7 Å². The largest absolute Gasteiger partial charge is 0.493 e. The lowest BCUT2D eigenvalue weighted by molar-refractivity contribution is -0.114. The predicted molar refractivity (Wildman–Crippen MR) is 100 cm³/mol. The third kappa shape index (κ3) is 5.35. The number of nitrogens with one attached hydrogen (secondary N) is 2. The molecule has 0 heterocycles. The van der Waals surface area contributed by atoms with E-state index < -0.39 is 0 Å². The monoisotopic (exact) mass is 340 g/mol. The molecule has 0 bridgehead atoms. The van der Waals surface area contributed by atoms with Gasteiger partial charge in [0.1, 0.15) is 5.75 Å². The van der Waals surface area contributed by atoms with Crippen molar-refractivity contribution in [2.24, 2.45) is 5.92 Å². The topological polar surface area (TPSA) is 67.4 Å². The molecular formula is C20H24N2O3. The van der Waals surface area contributed by atoms with Crippen LogP contribution in [0.3, 0.4) is 0 Å². The molecule has 0 aliphatic rings. The predicted octanol–water partition coefficient (Wildman–Crippen LogP) is 4.24. The van der Waals surface area contributed by atoms with E-state index in [0.717, 1.165) is 5.56 Å². The molecule has 2 N–H and O–H groups in total. The number of rotatable bonds is 6. The smallest absolute Gasteiger partial charge is 0.255 e. The van der Waals surface area contributed by atoms with E-state index in [-0.39, 0.29) is 11.8 Å². The van der Waals surface area contributed by atoms with Gasteiger partial charge in [-0.1, -0.05) is 26.0 Å². The number of amides is 2. The average Bonchev–Trinajstić information content (AvgIpc) is 2.56. The van der Waals surface area contributed by atoms with Gasteiger partial charge < -0.3 is 15.4 Å². The van der Waals surface area contributed by atoms with E-state index in [4.69, 9.17) is 4.74 Å². The maximum atomic E-state index is 12.5. The van der Waals surface area contributed by atoms with Gasteiger partial charge in [0.25, 0.3) is 5.91 Å². The number of carbonyl (C=O) groups is 2. The summed E-state index contributed by atoms with van der Waals surface area (Å²) < 4.78 is 5.67. The van der Waals surface area contributed by atoms with Crippen molar-refractivity contribution in [3.63, 3.8) is 0 Å². The van der Waals surface area contributed by atoms with Crippen LogP contribution in [0.5, 0.6) is 5.75 Å². The Morgan fingerprint density at radius 2 is 1.68 bits per heavy atom. The van der Waals surface area contributed by atoms with Gasteiger partial charge in [-0.3, -0.25) is 9.59 Å². The van der Waals surface area contributed by atoms with Crippen LogP contribution in [0.4, 0.5) is 11.4 Å². The number of benzene rings is 2. The van der Waals surface area contributed by atoms with E-state index in [1.165, 1.54) is 6.92 Å². The highest BCUT2D eigenvalue weighted by atomic mass is 16.5. The van der Waals surface area contributed by atoms with Gasteiger partial charge in [0.15, 0.2) is 0 Å². The third-order valence-electron chi connectivity index (χ3n) is 3.57. The fraction of sp³-hybridized carbons (Fsp3) is 0.300. The highest BCUT2D eigenvalue weighted by Gasteiger charge is 2.11. The van der Waals surface area contributed by atoms with E-state index in [2.05, 4.69) is 24.5 Å². The summed E-state index contributed by atoms with van der Waals surface area (Å²) >= 11 is 0. The molecule has 2 aromatic rings. The zero-order chi connectivity index (χ0) is 18.4. The van der Waals surface area contributed by atoms with Crippen molar-refractivity contribution in [1.82, 2.24) is 0 Å². The van der Waals surface area contributed by atoms with Crippen molar-refractivity contribution in [3.8, 4) is 5.75 Å². The highest BCUT2D eigenvalue weighted by Crippen LogP contribution is 2.24.